The zero-order chi connectivity index (χ0) is 19.0. The fraction of sp³-hybridized carbons (Fsp3) is 0.238. The second-order valence-electron chi connectivity index (χ2n) is 6.61. The number of nitrogens with zero attached hydrogens (tertiary/aromatic N) is 1. The lowest BCUT2D eigenvalue weighted by atomic mass is 9.90. The number of hydrogen-bond donors (Lipinski definition) is 1. The van der Waals surface area contributed by atoms with E-state index < -0.39 is 11.6 Å². The number of fused-ring (bicyclic) bond motifs is 3. The number of ketones is 1. The fourth-order valence-corrected chi connectivity index (χ4v) is 3.70. The summed E-state index contributed by atoms with van der Waals surface area (Å²) in [6.07, 6.45) is 1.92. The van der Waals surface area contributed by atoms with E-state index in [9.17, 15) is 14.0 Å². The van der Waals surface area contributed by atoms with E-state index in [0.29, 0.717) is 13.1 Å². The lowest BCUT2D eigenvalue weighted by molar-refractivity contribution is -0.132. The minimum absolute atomic E-state index is 0.0437. The fourth-order valence-electron chi connectivity index (χ4n) is 3.70. The maximum Gasteiger partial charge on any atom is 0.270 e. The number of methoxy groups -OCH3 is 1. The lowest BCUT2D eigenvalue weighted by Crippen LogP contribution is -2.51. The first-order valence-corrected chi connectivity index (χ1v) is 8.80. The lowest BCUT2D eigenvalue weighted by Gasteiger charge is -2.41. The van der Waals surface area contributed by atoms with Crippen LogP contribution in [-0.4, -0.2) is 36.8 Å². The van der Waals surface area contributed by atoms with Crippen molar-refractivity contribution in [1.82, 2.24) is 10.2 Å². The van der Waals surface area contributed by atoms with E-state index in [1.54, 1.807) is 18.1 Å². The number of allylic oxidation sites excluding steroid dienone is 1. The van der Waals surface area contributed by atoms with Gasteiger partial charge in [0.15, 0.2) is 5.78 Å². The Balaban J connectivity index is 1.59. The van der Waals surface area contributed by atoms with Gasteiger partial charge in [-0.15, -0.1) is 0 Å². The van der Waals surface area contributed by atoms with Gasteiger partial charge >= 0.3 is 0 Å². The Kier molecular flexibility index (Phi) is 4.39. The third kappa shape index (κ3) is 3.07. The molecule has 27 heavy (non-hydrogen) atoms. The van der Waals surface area contributed by atoms with Crippen molar-refractivity contribution in [2.45, 2.75) is 12.5 Å². The Morgan fingerprint density at radius 1 is 1.30 bits per heavy atom. The third-order valence-corrected chi connectivity index (χ3v) is 5.10. The third-order valence-electron chi connectivity index (χ3n) is 5.10. The first kappa shape index (κ1) is 17.3. The molecular formula is C21H19FN2O3. The number of nitrogens with one attached hydrogen (secondary N) is 1. The van der Waals surface area contributed by atoms with Crippen molar-refractivity contribution >= 4 is 11.7 Å². The first-order valence-electron chi connectivity index (χ1n) is 8.80. The molecule has 1 saturated heterocycles. The van der Waals surface area contributed by atoms with Crippen LogP contribution in [0.25, 0.3) is 0 Å². The predicted octanol–water partition coefficient (Wildman–Crippen LogP) is 2.63. The highest BCUT2D eigenvalue weighted by atomic mass is 19.1. The van der Waals surface area contributed by atoms with Crippen LogP contribution >= 0.6 is 0 Å². The van der Waals surface area contributed by atoms with Gasteiger partial charge in [0.1, 0.15) is 17.3 Å². The maximum atomic E-state index is 13.8. The molecule has 0 aliphatic carbocycles. The van der Waals surface area contributed by atoms with Crippen LogP contribution in [0.1, 0.15) is 27.5 Å². The van der Waals surface area contributed by atoms with Crippen LogP contribution in [0.3, 0.4) is 0 Å². The van der Waals surface area contributed by atoms with Crippen molar-refractivity contribution in [2.24, 2.45) is 0 Å². The van der Waals surface area contributed by atoms with Gasteiger partial charge in [-0.2, -0.15) is 0 Å². The highest BCUT2D eigenvalue weighted by molar-refractivity contribution is 6.09. The Bertz CT molecular complexity index is 954. The van der Waals surface area contributed by atoms with Gasteiger partial charge in [-0.25, -0.2) is 4.39 Å². The Morgan fingerprint density at radius 2 is 2.11 bits per heavy atom. The number of rotatable bonds is 3. The van der Waals surface area contributed by atoms with Gasteiger partial charge in [0.2, 0.25) is 0 Å². The summed E-state index contributed by atoms with van der Waals surface area (Å²) < 4.78 is 19.1. The van der Waals surface area contributed by atoms with Crippen LogP contribution in [0.4, 0.5) is 4.39 Å². The molecule has 138 valence electrons. The Labute approximate surface area is 156 Å². The number of piperazine rings is 1. The number of carbonyl (C=O) groups excluding carboxylic acids is 2. The van der Waals surface area contributed by atoms with Crippen molar-refractivity contribution < 1.29 is 18.7 Å². The van der Waals surface area contributed by atoms with Gasteiger partial charge in [-0.3, -0.25) is 9.59 Å². The molecule has 2 heterocycles. The predicted molar refractivity (Wildman–Crippen MR) is 98.0 cm³/mol. The van der Waals surface area contributed by atoms with E-state index in [2.05, 4.69) is 5.32 Å². The van der Waals surface area contributed by atoms with Crippen LogP contribution in [0, 0.1) is 5.82 Å². The highest BCUT2D eigenvalue weighted by Gasteiger charge is 2.36. The van der Waals surface area contributed by atoms with E-state index in [1.807, 2.05) is 18.2 Å². The second kappa shape index (κ2) is 6.87. The summed E-state index contributed by atoms with van der Waals surface area (Å²) >= 11 is 0. The smallest absolute Gasteiger partial charge is 0.270 e. The average molecular weight is 366 g/mol. The molecule has 1 unspecified atom stereocenters. The molecule has 0 aromatic heterocycles. The summed E-state index contributed by atoms with van der Waals surface area (Å²) in [5.74, 6) is -0.559. The van der Waals surface area contributed by atoms with Crippen LogP contribution in [-0.2, 0) is 11.2 Å². The zero-order valence-corrected chi connectivity index (χ0v) is 14.9. The van der Waals surface area contributed by atoms with Crippen LogP contribution < -0.4 is 10.1 Å². The van der Waals surface area contributed by atoms with E-state index in [4.69, 9.17) is 4.74 Å². The molecule has 0 spiro atoms. The van der Waals surface area contributed by atoms with E-state index in [0.717, 1.165) is 17.7 Å². The normalized spacial score (nSPS) is 19.9. The topological polar surface area (TPSA) is 58.6 Å². The van der Waals surface area contributed by atoms with Gasteiger partial charge < -0.3 is 15.0 Å². The summed E-state index contributed by atoms with van der Waals surface area (Å²) in [5, 5.41) is 3.05. The number of carbonyl (C=O) groups is 2. The monoisotopic (exact) mass is 366 g/mol. The summed E-state index contributed by atoms with van der Waals surface area (Å²) in [6, 6.07) is 11.5. The van der Waals surface area contributed by atoms with Crippen LogP contribution in [0.2, 0.25) is 0 Å². The van der Waals surface area contributed by atoms with Crippen molar-refractivity contribution in [3.63, 3.8) is 0 Å². The molecule has 0 bridgehead atoms. The van der Waals surface area contributed by atoms with Crippen molar-refractivity contribution in [3.05, 3.63) is 76.7 Å². The van der Waals surface area contributed by atoms with E-state index >= 15 is 0 Å². The molecule has 1 amide bonds. The molecule has 4 rings (SSSR count). The molecule has 2 aliphatic rings. The molecular weight excluding hydrogens is 347 g/mol. The van der Waals surface area contributed by atoms with Gasteiger partial charge in [0.05, 0.1) is 18.7 Å². The van der Waals surface area contributed by atoms with Gasteiger partial charge in [-0.1, -0.05) is 18.2 Å². The molecule has 6 heteroatoms. The van der Waals surface area contributed by atoms with Crippen LogP contribution in [0.15, 0.2) is 54.2 Å². The van der Waals surface area contributed by atoms with Crippen molar-refractivity contribution in [2.75, 3.05) is 20.2 Å². The maximum absolute atomic E-state index is 13.8. The summed E-state index contributed by atoms with van der Waals surface area (Å²) in [6.45, 7) is 1.07. The summed E-state index contributed by atoms with van der Waals surface area (Å²) in [7, 11) is 1.63. The van der Waals surface area contributed by atoms with Gasteiger partial charge in [0, 0.05) is 19.2 Å². The van der Waals surface area contributed by atoms with Crippen molar-refractivity contribution in [3.8, 4) is 5.75 Å². The largest absolute Gasteiger partial charge is 0.497 e. The Hall–Kier alpha value is -3.15. The van der Waals surface area contributed by atoms with E-state index in [1.165, 1.54) is 29.8 Å². The molecule has 0 saturated carbocycles. The second-order valence-corrected chi connectivity index (χ2v) is 6.61. The molecule has 2 aliphatic heterocycles. The van der Waals surface area contributed by atoms with E-state index in [-0.39, 0.29) is 23.2 Å². The number of halogens is 1. The Morgan fingerprint density at radius 3 is 2.89 bits per heavy atom. The molecule has 2 aromatic rings. The first-order chi connectivity index (χ1) is 13.1. The van der Waals surface area contributed by atoms with Gasteiger partial charge in [0.25, 0.3) is 5.91 Å². The quantitative estimate of drug-likeness (QED) is 0.670. The average Bonchev–Trinajstić information content (AvgIpc) is 2.69. The molecule has 2 aromatic carbocycles. The SMILES string of the molecule is COc1ccc2c(c1)CCN1C(=O)/C(=C/C(=O)c3ccccc3F)NCC21. The number of benzene rings is 2. The molecule has 1 fully saturated rings. The van der Waals surface area contributed by atoms with Crippen LogP contribution in [0.5, 0.6) is 5.75 Å². The minimum atomic E-state index is -0.596. The summed E-state index contributed by atoms with van der Waals surface area (Å²) in [4.78, 5) is 27.0. The number of ether oxygens (including phenoxy) is 1. The molecule has 1 N–H and O–H groups in total. The zero-order valence-electron chi connectivity index (χ0n) is 14.9. The number of amides is 1. The van der Waals surface area contributed by atoms with Crippen molar-refractivity contribution in [1.29, 1.82) is 0 Å². The molecule has 5 nitrogen and oxygen atoms in total. The standard InChI is InChI=1S/C21H19FN2O3/c1-27-14-6-7-15-13(10-14)8-9-24-19(15)12-23-18(21(24)26)11-20(25)16-4-2-3-5-17(16)22/h2-7,10-11,19,23H,8-9,12H2,1H3/b18-11-. The number of hydrogen-bond acceptors (Lipinski definition) is 4. The summed E-state index contributed by atoms with van der Waals surface area (Å²) in [5.41, 5.74) is 2.41. The minimum Gasteiger partial charge on any atom is -0.497 e. The highest BCUT2D eigenvalue weighted by Crippen LogP contribution is 2.34. The molecule has 1 atom stereocenters. The van der Waals surface area contributed by atoms with Gasteiger partial charge in [-0.05, 0) is 41.8 Å². The molecule has 0 radical (unpaired) electrons.